The summed E-state index contributed by atoms with van der Waals surface area (Å²) in [6.07, 6.45) is 1.75. The Bertz CT molecular complexity index is 1060. The van der Waals surface area contributed by atoms with E-state index in [4.69, 9.17) is 11.5 Å². The molecular formula is C18H16N4O2S. The molecular weight excluding hydrogens is 336 g/mol. The van der Waals surface area contributed by atoms with Crippen molar-refractivity contribution < 1.29 is 8.42 Å². The predicted octanol–water partition coefficient (Wildman–Crippen LogP) is 2.55. The van der Waals surface area contributed by atoms with Gasteiger partial charge in [0.05, 0.1) is 10.6 Å². The minimum Gasteiger partial charge on any atom is -0.369 e. The molecule has 0 saturated carbocycles. The van der Waals surface area contributed by atoms with E-state index in [0.29, 0.717) is 5.69 Å². The van der Waals surface area contributed by atoms with Crippen molar-refractivity contribution in [1.29, 1.82) is 0 Å². The summed E-state index contributed by atoms with van der Waals surface area (Å²) in [6.45, 7) is 0. The van der Waals surface area contributed by atoms with Crippen LogP contribution in [0, 0.1) is 0 Å². The van der Waals surface area contributed by atoms with Gasteiger partial charge in [0.25, 0.3) is 10.0 Å². The smallest absolute Gasteiger partial charge is 0.285 e. The minimum atomic E-state index is -3.89. The highest BCUT2D eigenvalue weighted by atomic mass is 32.2. The maximum atomic E-state index is 11.9. The highest BCUT2D eigenvalue weighted by molar-refractivity contribution is 7.90. The van der Waals surface area contributed by atoms with E-state index in [1.165, 1.54) is 12.1 Å². The number of nitrogens with two attached hydrogens (primary N) is 2. The molecule has 0 spiro atoms. The quantitative estimate of drug-likeness (QED) is 0.555. The fourth-order valence-corrected chi connectivity index (χ4v) is 3.27. The lowest BCUT2D eigenvalue weighted by atomic mass is 10.1. The van der Waals surface area contributed by atoms with Crippen LogP contribution >= 0.6 is 0 Å². The van der Waals surface area contributed by atoms with E-state index in [2.05, 4.69) is 9.39 Å². The van der Waals surface area contributed by atoms with Crippen molar-refractivity contribution in [2.45, 2.75) is 4.90 Å². The molecule has 6 nitrogen and oxygen atoms in total. The first-order valence-corrected chi connectivity index (χ1v) is 8.87. The van der Waals surface area contributed by atoms with E-state index in [-0.39, 0.29) is 4.90 Å². The van der Waals surface area contributed by atoms with Crippen molar-refractivity contribution in [2.24, 2.45) is 20.9 Å². The van der Waals surface area contributed by atoms with Crippen LogP contribution in [0.1, 0.15) is 5.56 Å². The monoisotopic (exact) mass is 352 g/mol. The van der Waals surface area contributed by atoms with E-state index in [0.717, 1.165) is 16.3 Å². The van der Waals surface area contributed by atoms with Gasteiger partial charge in [-0.1, -0.05) is 42.5 Å². The van der Waals surface area contributed by atoms with Crippen LogP contribution in [-0.4, -0.2) is 20.6 Å². The van der Waals surface area contributed by atoms with Gasteiger partial charge in [0.1, 0.15) is 0 Å². The zero-order valence-electron chi connectivity index (χ0n) is 13.2. The lowest BCUT2D eigenvalue weighted by Crippen LogP contribution is -2.24. The van der Waals surface area contributed by atoms with Crippen LogP contribution in [0.2, 0.25) is 0 Å². The lowest BCUT2D eigenvalue weighted by Gasteiger charge is -2.02. The summed E-state index contributed by atoms with van der Waals surface area (Å²) in [5.41, 5.74) is 11.9. The van der Waals surface area contributed by atoms with Gasteiger partial charge in [-0.3, -0.25) is 4.99 Å². The molecule has 0 aromatic heterocycles. The zero-order chi connectivity index (χ0) is 17.9. The Hall–Kier alpha value is -3.19. The number of sulfonamides is 1. The van der Waals surface area contributed by atoms with Crippen LogP contribution in [0.5, 0.6) is 0 Å². The second-order valence-corrected chi connectivity index (χ2v) is 6.92. The molecule has 0 aliphatic rings. The molecule has 0 bridgehead atoms. The Morgan fingerprint density at radius 2 is 1.56 bits per heavy atom. The average molecular weight is 352 g/mol. The Labute approximate surface area is 145 Å². The first-order valence-electron chi connectivity index (χ1n) is 7.43. The zero-order valence-corrected chi connectivity index (χ0v) is 14.0. The molecule has 0 amide bonds. The normalized spacial score (nSPS) is 11.7. The van der Waals surface area contributed by atoms with Crippen LogP contribution in [0.15, 0.2) is 81.0 Å². The molecule has 126 valence electrons. The number of nitrogens with zero attached hydrogens (tertiary/aromatic N) is 2. The van der Waals surface area contributed by atoms with E-state index < -0.39 is 16.0 Å². The van der Waals surface area contributed by atoms with Gasteiger partial charge >= 0.3 is 0 Å². The molecule has 25 heavy (non-hydrogen) atoms. The number of rotatable bonds is 4. The maximum absolute atomic E-state index is 11.9. The van der Waals surface area contributed by atoms with Crippen molar-refractivity contribution >= 4 is 38.7 Å². The van der Waals surface area contributed by atoms with Gasteiger partial charge in [-0.05, 0) is 35.0 Å². The first kappa shape index (κ1) is 16.7. The van der Waals surface area contributed by atoms with Crippen LogP contribution in [0.25, 0.3) is 10.8 Å². The van der Waals surface area contributed by atoms with Crippen LogP contribution in [0.4, 0.5) is 5.69 Å². The summed E-state index contributed by atoms with van der Waals surface area (Å²) in [5.74, 6) is -0.502. The van der Waals surface area contributed by atoms with Gasteiger partial charge in [0, 0.05) is 11.8 Å². The van der Waals surface area contributed by atoms with E-state index in [1.54, 1.807) is 18.3 Å². The molecule has 0 aliphatic heterocycles. The van der Waals surface area contributed by atoms with Gasteiger partial charge in [-0.25, -0.2) is 0 Å². The van der Waals surface area contributed by atoms with Crippen LogP contribution in [0.3, 0.4) is 0 Å². The molecule has 3 rings (SSSR count). The molecule has 3 aromatic rings. The van der Waals surface area contributed by atoms with Crippen molar-refractivity contribution in [1.82, 2.24) is 0 Å². The number of aliphatic imine (C=N–C) groups is 1. The second kappa shape index (κ2) is 6.74. The molecule has 0 radical (unpaired) electrons. The number of hydrogen-bond donors (Lipinski definition) is 2. The fourth-order valence-electron chi connectivity index (χ4n) is 2.40. The summed E-state index contributed by atoms with van der Waals surface area (Å²) in [6, 6.07) is 20.0. The third kappa shape index (κ3) is 3.84. The molecule has 0 fully saturated rings. The third-order valence-corrected chi connectivity index (χ3v) is 4.86. The number of guanidine groups is 1. The Morgan fingerprint density at radius 3 is 2.28 bits per heavy atom. The second-order valence-electron chi connectivity index (χ2n) is 5.31. The lowest BCUT2D eigenvalue weighted by molar-refractivity contribution is 0.598. The molecule has 0 unspecified atom stereocenters. The van der Waals surface area contributed by atoms with Gasteiger partial charge < -0.3 is 11.5 Å². The standard InChI is InChI=1S/C18H16N4O2S/c19-18(20)22-25(23,24)16-10-8-15(9-11-16)21-12-14-6-3-5-13-4-1-2-7-17(13)14/h1-12H,(H4,19,20,22). The third-order valence-electron chi connectivity index (χ3n) is 3.54. The van der Waals surface area contributed by atoms with Crippen LogP contribution in [-0.2, 0) is 10.0 Å². The van der Waals surface area contributed by atoms with Gasteiger partial charge in [0.15, 0.2) is 0 Å². The van der Waals surface area contributed by atoms with Gasteiger partial charge in [0.2, 0.25) is 5.96 Å². The van der Waals surface area contributed by atoms with E-state index >= 15 is 0 Å². The average Bonchev–Trinajstić information content (AvgIpc) is 2.59. The summed E-state index contributed by atoms with van der Waals surface area (Å²) in [7, 11) is -3.89. The van der Waals surface area contributed by atoms with Crippen molar-refractivity contribution in [3.63, 3.8) is 0 Å². The molecule has 0 saturated heterocycles. The molecule has 0 heterocycles. The Kier molecular flexibility index (Phi) is 4.49. The number of benzene rings is 3. The molecule has 7 heteroatoms. The first-order chi connectivity index (χ1) is 12.0. The van der Waals surface area contributed by atoms with Crippen molar-refractivity contribution in [3.8, 4) is 0 Å². The van der Waals surface area contributed by atoms with Crippen molar-refractivity contribution in [2.75, 3.05) is 0 Å². The van der Waals surface area contributed by atoms with E-state index in [9.17, 15) is 8.42 Å². The SMILES string of the molecule is NC(N)=NS(=O)(=O)c1ccc(N=Cc2cccc3ccccc23)cc1. The topological polar surface area (TPSA) is 111 Å². The summed E-state index contributed by atoms with van der Waals surface area (Å²) < 4.78 is 27.0. The largest absolute Gasteiger partial charge is 0.369 e. The van der Waals surface area contributed by atoms with Gasteiger partial charge in [-0.2, -0.15) is 8.42 Å². The molecule has 3 aromatic carbocycles. The Morgan fingerprint density at radius 1 is 0.880 bits per heavy atom. The Balaban J connectivity index is 1.89. The highest BCUT2D eigenvalue weighted by Gasteiger charge is 2.12. The number of fused-ring (bicyclic) bond motifs is 1. The van der Waals surface area contributed by atoms with E-state index in [1.807, 2.05) is 42.5 Å². The van der Waals surface area contributed by atoms with Gasteiger partial charge in [-0.15, -0.1) is 4.40 Å². The minimum absolute atomic E-state index is 0.00464. The predicted molar refractivity (Wildman–Crippen MR) is 101 cm³/mol. The van der Waals surface area contributed by atoms with Crippen molar-refractivity contribution in [3.05, 3.63) is 72.3 Å². The molecule has 4 N–H and O–H groups in total. The summed E-state index contributed by atoms with van der Waals surface area (Å²) in [4.78, 5) is 4.41. The van der Waals surface area contributed by atoms with Crippen LogP contribution < -0.4 is 11.5 Å². The molecule has 0 atom stereocenters. The highest BCUT2D eigenvalue weighted by Crippen LogP contribution is 2.20. The summed E-state index contributed by atoms with van der Waals surface area (Å²) >= 11 is 0. The summed E-state index contributed by atoms with van der Waals surface area (Å²) in [5, 5.41) is 2.23. The molecule has 0 aliphatic carbocycles. The number of hydrogen-bond acceptors (Lipinski definition) is 3. The fraction of sp³-hybridized carbons (Fsp3) is 0. The maximum Gasteiger partial charge on any atom is 0.285 e.